The van der Waals surface area contributed by atoms with Gasteiger partial charge >= 0.3 is 0 Å². The Balaban J connectivity index is 1.67. The van der Waals surface area contributed by atoms with Crippen molar-refractivity contribution in [3.8, 4) is 5.75 Å². The Kier molecular flexibility index (Phi) is 8.38. The van der Waals surface area contributed by atoms with Crippen molar-refractivity contribution < 1.29 is 9.53 Å². The maximum atomic E-state index is 12.2. The van der Waals surface area contributed by atoms with E-state index in [1.807, 2.05) is 110 Å². The number of halogens is 1. The van der Waals surface area contributed by atoms with Crippen molar-refractivity contribution in [2.75, 3.05) is 6.61 Å². The smallest absolute Gasteiger partial charge is 0.277 e. The van der Waals surface area contributed by atoms with Crippen molar-refractivity contribution in [2.24, 2.45) is 5.10 Å². The van der Waals surface area contributed by atoms with Gasteiger partial charge in [0, 0.05) is 0 Å². The Labute approximate surface area is 191 Å². The lowest BCUT2D eigenvalue weighted by molar-refractivity contribution is -0.123. The summed E-state index contributed by atoms with van der Waals surface area (Å²) in [4.78, 5) is 12.2. The SMILES string of the molecule is Cc1ccc(OCC(=O)NN=C(/C=C/c2ccccc2)/C=C/c2ccccc2)c(Br)c1. The summed E-state index contributed by atoms with van der Waals surface area (Å²) in [5, 5.41) is 4.25. The average molecular weight is 475 g/mol. The lowest BCUT2D eigenvalue weighted by Gasteiger charge is -2.08. The molecule has 0 bridgehead atoms. The molecule has 3 rings (SSSR count). The van der Waals surface area contributed by atoms with Crippen LogP contribution in [0.1, 0.15) is 16.7 Å². The average Bonchev–Trinajstić information content (AvgIpc) is 2.79. The van der Waals surface area contributed by atoms with Gasteiger partial charge in [-0.3, -0.25) is 4.79 Å². The zero-order chi connectivity index (χ0) is 21.9. The number of nitrogens with zero attached hydrogens (tertiary/aromatic N) is 1. The first-order valence-electron chi connectivity index (χ1n) is 9.82. The first kappa shape index (κ1) is 22.2. The molecule has 4 nitrogen and oxygen atoms in total. The van der Waals surface area contributed by atoms with E-state index in [0.29, 0.717) is 11.5 Å². The van der Waals surface area contributed by atoms with Gasteiger partial charge in [0.15, 0.2) is 6.61 Å². The number of carbonyl (C=O) groups is 1. The molecule has 0 radical (unpaired) electrons. The van der Waals surface area contributed by atoms with Gasteiger partial charge in [-0.25, -0.2) is 5.43 Å². The van der Waals surface area contributed by atoms with Crippen molar-refractivity contribution in [2.45, 2.75) is 6.92 Å². The van der Waals surface area contributed by atoms with Gasteiger partial charge in [0.1, 0.15) is 5.75 Å². The van der Waals surface area contributed by atoms with Crippen molar-refractivity contribution in [3.05, 3.63) is 112 Å². The molecule has 156 valence electrons. The van der Waals surface area contributed by atoms with E-state index >= 15 is 0 Å². The third-order valence-electron chi connectivity index (χ3n) is 4.25. The maximum Gasteiger partial charge on any atom is 0.277 e. The Bertz CT molecular complexity index is 1040. The van der Waals surface area contributed by atoms with Crippen LogP contribution in [0, 0.1) is 6.92 Å². The normalized spacial score (nSPS) is 10.9. The number of rotatable bonds is 8. The Morgan fingerprint density at radius 2 is 1.52 bits per heavy atom. The van der Waals surface area contributed by atoms with Crippen LogP contribution in [-0.2, 0) is 4.79 Å². The van der Waals surface area contributed by atoms with Gasteiger partial charge in [-0.05, 0) is 63.8 Å². The monoisotopic (exact) mass is 474 g/mol. The summed E-state index contributed by atoms with van der Waals surface area (Å²) < 4.78 is 6.39. The first-order valence-corrected chi connectivity index (χ1v) is 10.6. The van der Waals surface area contributed by atoms with Gasteiger partial charge < -0.3 is 4.74 Å². The number of hydrogen-bond donors (Lipinski definition) is 1. The fraction of sp³-hybridized carbons (Fsp3) is 0.0769. The van der Waals surface area contributed by atoms with Gasteiger partial charge in [0.2, 0.25) is 0 Å². The predicted octanol–water partition coefficient (Wildman–Crippen LogP) is 6.04. The summed E-state index contributed by atoms with van der Waals surface area (Å²) in [7, 11) is 0. The Morgan fingerprint density at radius 1 is 0.935 bits per heavy atom. The topological polar surface area (TPSA) is 50.7 Å². The third kappa shape index (κ3) is 7.72. The molecule has 0 aliphatic heterocycles. The molecule has 0 spiro atoms. The minimum absolute atomic E-state index is 0.136. The van der Waals surface area contributed by atoms with E-state index < -0.39 is 0 Å². The number of amides is 1. The predicted molar refractivity (Wildman–Crippen MR) is 131 cm³/mol. The molecule has 0 saturated heterocycles. The van der Waals surface area contributed by atoms with Gasteiger partial charge in [-0.15, -0.1) is 0 Å². The first-order chi connectivity index (χ1) is 15.1. The number of nitrogens with one attached hydrogen (secondary N) is 1. The van der Waals surface area contributed by atoms with Crippen LogP contribution in [0.15, 0.2) is 101 Å². The van der Waals surface area contributed by atoms with E-state index in [9.17, 15) is 4.79 Å². The van der Waals surface area contributed by atoms with E-state index in [1.165, 1.54) is 0 Å². The quantitative estimate of drug-likeness (QED) is 0.319. The molecule has 0 unspecified atom stereocenters. The van der Waals surface area contributed by atoms with Crippen molar-refractivity contribution >= 4 is 39.7 Å². The summed E-state index contributed by atoms with van der Waals surface area (Å²) in [5.41, 5.74) is 6.36. The number of ether oxygens (including phenoxy) is 1. The second-order valence-electron chi connectivity index (χ2n) is 6.78. The summed E-state index contributed by atoms with van der Waals surface area (Å²) in [6, 6.07) is 25.5. The van der Waals surface area contributed by atoms with E-state index in [1.54, 1.807) is 0 Å². The van der Waals surface area contributed by atoms with Gasteiger partial charge in [0.25, 0.3) is 5.91 Å². The highest BCUT2D eigenvalue weighted by Gasteiger charge is 2.05. The molecule has 5 heteroatoms. The molecule has 3 aromatic carbocycles. The van der Waals surface area contributed by atoms with Crippen LogP contribution in [0.2, 0.25) is 0 Å². The highest BCUT2D eigenvalue weighted by Crippen LogP contribution is 2.25. The minimum Gasteiger partial charge on any atom is -0.483 e. The van der Waals surface area contributed by atoms with Crippen LogP contribution in [0.3, 0.4) is 0 Å². The molecule has 31 heavy (non-hydrogen) atoms. The molecule has 0 aliphatic rings. The molecule has 0 aliphatic carbocycles. The molecular formula is C26H23BrN2O2. The lowest BCUT2D eigenvalue weighted by Crippen LogP contribution is -2.25. The molecule has 3 aromatic rings. The van der Waals surface area contributed by atoms with Gasteiger partial charge in [0.05, 0.1) is 10.2 Å². The summed E-state index contributed by atoms with van der Waals surface area (Å²) in [5.74, 6) is 0.268. The number of benzene rings is 3. The number of hydrazone groups is 1. The molecule has 0 atom stereocenters. The zero-order valence-corrected chi connectivity index (χ0v) is 18.7. The molecule has 1 amide bonds. The third-order valence-corrected chi connectivity index (χ3v) is 4.87. The maximum absolute atomic E-state index is 12.2. The van der Waals surface area contributed by atoms with Crippen LogP contribution >= 0.6 is 15.9 Å². The van der Waals surface area contributed by atoms with Gasteiger partial charge in [-0.2, -0.15) is 5.10 Å². The van der Waals surface area contributed by atoms with Gasteiger partial charge in [-0.1, -0.05) is 78.9 Å². The summed E-state index contributed by atoms with van der Waals surface area (Å²) in [6.45, 7) is 1.85. The van der Waals surface area contributed by atoms with Crippen molar-refractivity contribution in [3.63, 3.8) is 0 Å². The number of aryl methyl sites for hydroxylation is 1. The summed E-state index contributed by atoms with van der Waals surface area (Å²) >= 11 is 3.44. The molecule has 1 N–H and O–H groups in total. The molecule has 0 saturated carbocycles. The highest BCUT2D eigenvalue weighted by molar-refractivity contribution is 9.10. The van der Waals surface area contributed by atoms with E-state index in [4.69, 9.17) is 4.74 Å². The number of allylic oxidation sites excluding steroid dienone is 2. The van der Waals surface area contributed by atoms with Crippen molar-refractivity contribution in [1.82, 2.24) is 5.43 Å². The Hall–Kier alpha value is -3.44. The zero-order valence-electron chi connectivity index (χ0n) is 17.2. The van der Waals surface area contributed by atoms with Crippen LogP contribution in [0.25, 0.3) is 12.2 Å². The second kappa shape index (κ2) is 11.7. The summed E-state index contributed by atoms with van der Waals surface area (Å²) in [6.07, 6.45) is 7.60. The largest absolute Gasteiger partial charge is 0.483 e. The number of carbonyl (C=O) groups excluding carboxylic acids is 1. The molecular weight excluding hydrogens is 452 g/mol. The molecule has 0 aromatic heterocycles. The molecule has 0 fully saturated rings. The van der Waals surface area contributed by atoms with Crippen molar-refractivity contribution in [1.29, 1.82) is 0 Å². The van der Waals surface area contributed by atoms with Crippen LogP contribution in [0.4, 0.5) is 0 Å². The van der Waals surface area contributed by atoms with E-state index in [-0.39, 0.29) is 12.5 Å². The highest BCUT2D eigenvalue weighted by atomic mass is 79.9. The standard InChI is InChI=1S/C26H23BrN2O2/c1-20-12-17-25(24(27)18-20)31-19-26(30)29-28-23(15-13-21-8-4-2-5-9-21)16-14-22-10-6-3-7-11-22/h2-18H,19H2,1H3,(H,29,30)/b15-13+,16-14+. The fourth-order valence-corrected chi connectivity index (χ4v) is 3.25. The second-order valence-corrected chi connectivity index (χ2v) is 7.64. The Morgan fingerprint density at radius 3 is 2.06 bits per heavy atom. The lowest BCUT2D eigenvalue weighted by atomic mass is 10.1. The fourth-order valence-electron chi connectivity index (χ4n) is 2.65. The van der Waals surface area contributed by atoms with Crippen LogP contribution in [0.5, 0.6) is 5.75 Å². The minimum atomic E-state index is -0.341. The van der Waals surface area contributed by atoms with E-state index in [2.05, 4.69) is 26.5 Å². The number of hydrogen-bond acceptors (Lipinski definition) is 3. The van der Waals surface area contributed by atoms with E-state index in [0.717, 1.165) is 21.2 Å². The van der Waals surface area contributed by atoms with Crippen LogP contribution in [-0.4, -0.2) is 18.2 Å². The van der Waals surface area contributed by atoms with Crippen LogP contribution < -0.4 is 10.2 Å². The molecule has 0 heterocycles.